The molecule has 17 heavy (non-hydrogen) atoms. The summed E-state index contributed by atoms with van der Waals surface area (Å²) in [7, 11) is 3.44. The number of hydrogen-bond acceptors (Lipinski definition) is 2. The van der Waals surface area contributed by atoms with Gasteiger partial charge in [-0.15, -0.1) is 0 Å². The standard InChI is InChI=1S/C12H12Cl2NO2/c1-7-9(5-11(16-3)17-7)12-10(14)4-8(13)6-15(12)2/h4-6H,1-3H3/q+1. The van der Waals surface area contributed by atoms with Crippen molar-refractivity contribution in [3.05, 3.63) is 34.1 Å². The Hall–Kier alpha value is -1.19. The van der Waals surface area contributed by atoms with Gasteiger partial charge in [-0.3, -0.25) is 0 Å². The van der Waals surface area contributed by atoms with Gasteiger partial charge < -0.3 is 9.15 Å². The summed E-state index contributed by atoms with van der Waals surface area (Å²) in [6.45, 7) is 1.86. The van der Waals surface area contributed by atoms with Crippen LogP contribution >= 0.6 is 23.2 Å². The monoisotopic (exact) mass is 272 g/mol. The van der Waals surface area contributed by atoms with Crippen LogP contribution < -0.4 is 9.30 Å². The number of pyridine rings is 1. The van der Waals surface area contributed by atoms with Crippen LogP contribution in [0.2, 0.25) is 10.0 Å². The molecule has 2 heterocycles. The molecular weight excluding hydrogens is 261 g/mol. The number of aromatic nitrogens is 1. The Kier molecular flexibility index (Phi) is 3.31. The smallest absolute Gasteiger partial charge is 0.285 e. The minimum absolute atomic E-state index is 0.462. The Balaban J connectivity index is 2.63. The fourth-order valence-corrected chi connectivity index (χ4v) is 2.42. The van der Waals surface area contributed by atoms with Crippen LogP contribution in [0.15, 0.2) is 22.7 Å². The first-order valence-corrected chi connectivity index (χ1v) is 5.78. The molecule has 0 spiro atoms. The summed E-state index contributed by atoms with van der Waals surface area (Å²) < 4.78 is 12.3. The molecule has 0 saturated carbocycles. The lowest BCUT2D eigenvalue weighted by atomic mass is 10.1. The second-order valence-electron chi connectivity index (χ2n) is 3.71. The van der Waals surface area contributed by atoms with Crippen molar-refractivity contribution in [2.75, 3.05) is 7.11 Å². The zero-order chi connectivity index (χ0) is 12.6. The van der Waals surface area contributed by atoms with Crippen molar-refractivity contribution in [1.82, 2.24) is 0 Å². The van der Waals surface area contributed by atoms with E-state index in [1.54, 1.807) is 19.4 Å². The molecule has 0 aromatic carbocycles. The number of methoxy groups -OCH3 is 1. The third-order valence-electron chi connectivity index (χ3n) is 2.51. The molecule has 0 atom stereocenters. The third-order valence-corrected chi connectivity index (χ3v) is 3.01. The topological polar surface area (TPSA) is 26.2 Å². The van der Waals surface area contributed by atoms with Crippen LogP contribution in [0.4, 0.5) is 0 Å². The highest BCUT2D eigenvalue weighted by Crippen LogP contribution is 2.33. The molecule has 2 aromatic rings. The number of ether oxygens (including phenoxy) is 1. The molecule has 0 N–H and O–H groups in total. The van der Waals surface area contributed by atoms with Crippen LogP contribution in [0.5, 0.6) is 5.95 Å². The van der Waals surface area contributed by atoms with E-state index in [9.17, 15) is 0 Å². The molecule has 90 valence electrons. The van der Waals surface area contributed by atoms with Gasteiger partial charge in [0.1, 0.15) is 22.9 Å². The number of nitrogens with zero attached hydrogens (tertiary/aromatic N) is 1. The molecule has 0 aliphatic rings. The quantitative estimate of drug-likeness (QED) is 0.784. The number of rotatable bonds is 2. The van der Waals surface area contributed by atoms with Crippen LogP contribution in [-0.4, -0.2) is 7.11 Å². The summed E-state index contributed by atoms with van der Waals surface area (Å²) >= 11 is 12.1. The zero-order valence-corrected chi connectivity index (χ0v) is 11.3. The molecule has 5 heteroatoms. The van der Waals surface area contributed by atoms with Crippen molar-refractivity contribution in [2.24, 2.45) is 7.05 Å². The Morgan fingerprint density at radius 1 is 1.29 bits per heavy atom. The Morgan fingerprint density at radius 2 is 2.00 bits per heavy atom. The van der Waals surface area contributed by atoms with Crippen molar-refractivity contribution in [3.8, 4) is 17.2 Å². The largest absolute Gasteiger partial charge is 0.468 e. The molecule has 0 aliphatic heterocycles. The van der Waals surface area contributed by atoms with E-state index in [4.69, 9.17) is 32.4 Å². The summed E-state index contributed by atoms with van der Waals surface area (Å²) in [6.07, 6.45) is 1.79. The highest BCUT2D eigenvalue weighted by atomic mass is 35.5. The molecule has 0 bridgehead atoms. The highest BCUT2D eigenvalue weighted by Gasteiger charge is 2.22. The first-order chi connectivity index (χ1) is 8.02. The maximum atomic E-state index is 6.21. The lowest BCUT2D eigenvalue weighted by Gasteiger charge is -2.01. The van der Waals surface area contributed by atoms with Crippen molar-refractivity contribution < 1.29 is 13.7 Å². The van der Waals surface area contributed by atoms with Crippen LogP contribution in [0.1, 0.15) is 5.76 Å². The van der Waals surface area contributed by atoms with Crippen LogP contribution in [0.3, 0.4) is 0 Å². The van der Waals surface area contributed by atoms with E-state index < -0.39 is 0 Å². The molecule has 0 aliphatic carbocycles. The van der Waals surface area contributed by atoms with Crippen LogP contribution in [0, 0.1) is 6.92 Å². The van der Waals surface area contributed by atoms with E-state index >= 15 is 0 Å². The first-order valence-electron chi connectivity index (χ1n) is 5.02. The molecule has 0 unspecified atom stereocenters. The predicted octanol–water partition coefficient (Wildman–Crippen LogP) is 3.39. The average Bonchev–Trinajstić information content (AvgIpc) is 2.59. The fourth-order valence-electron chi connectivity index (χ4n) is 1.75. The van der Waals surface area contributed by atoms with Gasteiger partial charge in [-0.05, 0) is 13.0 Å². The van der Waals surface area contributed by atoms with E-state index in [2.05, 4.69) is 0 Å². The lowest BCUT2D eigenvalue weighted by molar-refractivity contribution is -0.660. The molecule has 3 nitrogen and oxygen atoms in total. The summed E-state index contributed by atoms with van der Waals surface area (Å²) in [6, 6.07) is 3.52. The Bertz CT molecular complexity index is 541. The van der Waals surface area contributed by atoms with Gasteiger partial charge in [0.2, 0.25) is 5.69 Å². The van der Waals surface area contributed by atoms with E-state index in [1.165, 1.54) is 0 Å². The Morgan fingerprint density at radius 3 is 2.53 bits per heavy atom. The molecule has 0 amide bonds. The van der Waals surface area contributed by atoms with Gasteiger partial charge in [-0.1, -0.05) is 23.2 Å². The SMILES string of the molecule is COc1cc(-c2c(Cl)cc(Cl)c[n+]2C)c(C)o1. The van der Waals surface area contributed by atoms with E-state index in [0.717, 1.165) is 17.0 Å². The number of aryl methyl sites for hydroxylation is 2. The summed E-state index contributed by atoms with van der Waals surface area (Å²) in [4.78, 5) is 0. The summed E-state index contributed by atoms with van der Waals surface area (Å²) in [5, 5.41) is 1.17. The summed E-state index contributed by atoms with van der Waals surface area (Å²) in [5.74, 6) is 1.21. The summed E-state index contributed by atoms with van der Waals surface area (Å²) in [5.41, 5.74) is 1.74. The van der Waals surface area contributed by atoms with Gasteiger partial charge in [0.05, 0.1) is 12.7 Å². The number of hydrogen-bond donors (Lipinski definition) is 0. The van der Waals surface area contributed by atoms with Crippen molar-refractivity contribution in [3.63, 3.8) is 0 Å². The van der Waals surface area contributed by atoms with Gasteiger partial charge in [-0.2, -0.15) is 4.57 Å². The maximum Gasteiger partial charge on any atom is 0.285 e. The van der Waals surface area contributed by atoms with Crippen LogP contribution in [0.25, 0.3) is 11.3 Å². The van der Waals surface area contributed by atoms with Gasteiger partial charge >= 0.3 is 0 Å². The maximum absolute atomic E-state index is 6.21. The number of furan rings is 1. The second-order valence-corrected chi connectivity index (χ2v) is 4.55. The van der Waals surface area contributed by atoms with Gasteiger partial charge in [0, 0.05) is 6.07 Å². The van der Waals surface area contributed by atoms with E-state index in [1.807, 2.05) is 24.6 Å². The predicted molar refractivity (Wildman–Crippen MR) is 66.6 cm³/mol. The third kappa shape index (κ3) is 2.26. The van der Waals surface area contributed by atoms with Gasteiger partial charge in [0.15, 0.2) is 6.20 Å². The highest BCUT2D eigenvalue weighted by molar-refractivity contribution is 6.35. The van der Waals surface area contributed by atoms with E-state index in [0.29, 0.717) is 16.0 Å². The molecule has 0 fully saturated rings. The van der Waals surface area contributed by atoms with Crippen molar-refractivity contribution in [2.45, 2.75) is 6.92 Å². The molecule has 2 rings (SSSR count). The first kappa shape index (κ1) is 12.3. The Labute approximate surface area is 110 Å². The zero-order valence-electron chi connectivity index (χ0n) is 9.75. The van der Waals surface area contributed by atoms with Crippen molar-refractivity contribution in [1.29, 1.82) is 0 Å². The van der Waals surface area contributed by atoms with Crippen LogP contribution in [-0.2, 0) is 7.05 Å². The van der Waals surface area contributed by atoms with Crippen molar-refractivity contribution >= 4 is 23.2 Å². The number of halogens is 2. The normalized spacial score (nSPS) is 10.6. The van der Waals surface area contributed by atoms with Gasteiger partial charge in [-0.25, -0.2) is 0 Å². The molecule has 2 aromatic heterocycles. The second kappa shape index (κ2) is 4.59. The molecule has 0 radical (unpaired) electrons. The average molecular weight is 273 g/mol. The molecular formula is C12H12Cl2NO2+. The van der Waals surface area contributed by atoms with Gasteiger partial charge in [0.25, 0.3) is 5.95 Å². The fraction of sp³-hybridized carbons (Fsp3) is 0.250. The minimum Gasteiger partial charge on any atom is -0.468 e. The lowest BCUT2D eigenvalue weighted by Crippen LogP contribution is -2.31. The molecule has 0 saturated heterocycles. The van der Waals surface area contributed by atoms with E-state index in [-0.39, 0.29) is 0 Å². The minimum atomic E-state index is 0.462.